The molecular formula is C10H13ClN2. The molecule has 13 heavy (non-hydrogen) atoms. The molecule has 0 spiro atoms. The highest BCUT2D eigenvalue weighted by Crippen LogP contribution is 2.21. The van der Waals surface area contributed by atoms with Gasteiger partial charge in [0, 0.05) is 24.4 Å². The van der Waals surface area contributed by atoms with Gasteiger partial charge in [0.1, 0.15) is 0 Å². The fraction of sp³-hybridized carbons (Fsp3) is 0.500. The third-order valence-corrected chi connectivity index (χ3v) is 2.69. The van der Waals surface area contributed by atoms with Crippen molar-refractivity contribution in [2.75, 3.05) is 13.1 Å². The van der Waals surface area contributed by atoms with Crippen LogP contribution in [0.5, 0.6) is 0 Å². The molecule has 1 aliphatic heterocycles. The summed E-state index contributed by atoms with van der Waals surface area (Å²) in [6.45, 7) is 2.19. The minimum absolute atomic E-state index is 0.575. The van der Waals surface area contributed by atoms with E-state index >= 15 is 0 Å². The molecule has 0 bridgehead atoms. The predicted molar refractivity (Wildman–Crippen MR) is 54.1 cm³/mol. The van der Waals surface area contributed by atoms with Gasteiger partial charge in [-0.3, -0.25) is 4.98 Å². The van der Waals surface area contributed by atoms with Gasteiger partial charge in [-0.2, -0.15) is 0 Å². The Kier molecular flexibility index (Phi) is 2.81. The van der Waals surface area contributed by atoms with Crippen LogP contribution < -0.4 is 5.32 Å². The Morgan fingerprint density at radius 3 is 3.00 bits per heavy atom. The first-order valence-electron chi connectivity index (χ1n) is 4.68. The molecule has 1 unspecified atom stereocenters. The number of rotatable bonds is 1. The first-order valence-corrected chi connectivity index (χ1v) is 5.06. The van der Waals surface area contributed by atoms with E-state index in [0.29, 0.717) is 10.9 Å². The lowest BCUT2D eigenvalue weighted by molar-refractivity contribution is 0.455. The van der Waals surface area contributed by atoms with E-state index in [-0.39, 0.29) is 0 Å². The zero-order valence-corrected chi connectivity index (χ0v) is 8.22. The van der Waals surface area contributed by atoms with Crippen LogP contribution in [0, 0.1) is 0 Å². The fourth-order valence-electron chi connectivity index (χ4n) is 1.73. The van der Waals surface area contributed by atoms with E-state index in [1.165, 1.54) is 12.8 Å². The van der Waals surface area contributed by atoms with Gasteiger partial charge in [-0.25, -0.2) is 0 Å². The van der Waals surface area contributed by atoms with Crippen LogP contribution in [0.4, 0.5) is 0 Å². The second-order valence-electron chi connectivity index (χ2n) is 3.44. The molecule has 2 rings (SSSR count). The number of aromatic nitrogens is 1. The van der Waals surface area contributed by atoms with Crippen LogP contribution in [0.2, 0.25) is 5.02 Å². The standard InChI is InChI=1S/C10H13ClN2/c11-9-3-4-10(13-7-9)8-2-1-5-12-6-8/h3-4,7-8,12H,1-2,5-6H2. The molecule has 0 radical (unpaired) electrons. The molecule has 1 aliphatic rings. The number of nitrogens with one attached hydrogen (secondary N) is 1. The van der Waals surface area contributed by atoms with Crippen LogP contribution in [0.25, 0.3) is 0 Å². The summed E-state index contributed by atoms with van der Waals surface area (Å²) >= 11 is 5.77. The van der Waals surface area contributed by atoms with Crippen molar-refractivity contribution in [3.63, 3.8) is 0 Å². The quantitative estimate of drug-likeness (QED) is 0.745. The third kappa shape index (κ3) is 2.20. The van der Waals surface area contributed by atoms with Crippen molar-refractivity contribution < 1.29 is 0 Å². The smallest absolute Gasteiger partial charge is 0.0589 e. The van der Waals surface area contributed by atoms with Crippen molar-refractivity contribution in [1.82, 2.24) is 10.3 Å². The van der Waals surface area contributed by atoms with Crippen LogP contribution in [0.15, 0.2) is 18.3 Å². The highest BCUT2D eigenvalue weighted by Gasteiger charge is 2.15. The molecule has 1 aromatic heterocycles. The van der Waals surface area contributed by atoms with Gasteiger partial charge in [0.2, 0.25) is 0 Å². The SMILES string of the molecule is Clc1ccc(C2CCCNC2)nc1. The molecule has 1 N–H and O–H groups in total. The Morgan fingerprint density at radius 1 is 1.46 bits per heavy atom. The minimum atomic E-state index is 0.575. The second kappa shape index (κ2) is 4.07. The van der Waals surface area contributed by atoms with Gasteiger partial charge in [-0.15, -0.1) is 0 Å². The lowest BCUT2D eigenvalue weighted by Crippen LogP contribution is -2.28. The lowest BCUT2D eigenvalue weighted by atomic mass is 9.96. The highest BCUT2D eigenvalue weighted by molar-refractivity contribution is 6.30. The topological polar surface area (TPSA) is 24.9 Å². The van der Waals surface area contributed by atoms with Gasteiger partial charge in [0.25, 0.3) is 0 Å². The van der Waals surface area contributed by atoms with E-state index in [4.69, 9.17) is 11.6 Å². The molecule has 0 saturated carbocycles. The molecule has 1 fully saturated rings. The van der Waals surface area contributed by atoms with Crippen LogP contribution in [-0.2, 0) is 0 Å². The molecule has 1 atom stereocenters. The van der Waals surface area contributed by atoms with E-state index in [1.54, 1.807) is 6.20 Å². The van der Waals surface area contributed by atoms with Crippen molar-refractivity contribution in [1.29, 1.82) is 0 Å². The lowest BCUT2D eigenvalue weighted by Gasteiger charge is -2.21. The van der Waals surface area contributed by atoms with Crippen molar-refractivity contribution in [3.05, 3.63) is 29.0 Å². The monoisotopic (exact) mass is 196 g/mol. The maximum absolute atomic E-state index is 5.77. The fourth-order valence-corrected chi connectivity index (χ4v) is 1.84. The van der Waals surface area contributed by atoms with E-state index in [0.717, 1.165) is 18.8 Å². The van der Waals surface area contributed by atoms with Crippen LogP contribution in [0.1, 0.15) is 24.5 Å². The molecule has 2 nitrogen and oxygen atoms in total. The van der Waals surface area contributed by atoms with Crippen LogP contribution >= 0.6 is 11.6 Å². The largest absolute Gasteiger partial charge is 0.316 e. The molecule has 0 aliphatic carbocycles. The van der Waals surface area contributed by atoms with Crippen LogP contribution in [-0.4, -0.2) is 18.1 Å². The van der Waals surface area contributed by atoms with Gasteiger partial charge >= 0.3 is 0 Å². The summed E-state index contributed by atoms with van der Waals surface area (Å²) in [5.41, 5.74) is 1.16. The first-order chi connectivity index (χ1) is 6.36. The average molecular weight is 197 g/mol. The van der Waals surface area contributed by atoms with Gasteiger partial charge in [-0.05, 0) is 31.5 Å². The Bertz CT molecular complexity index is 265. The molecule has 1 aromatic rings. The Labute approximate surface area is 83.3 Å². The minimum Gasteiger partial charge on any atom is -0.316 e. The second-order valence-corrected chi connectivity index (χ2v) is 3.88. The van der Waals surface area contributed by atoms with E-state index in [9.17, 15) is 0 Å². The molecule has 0 amide bonds. The first kappa shape index (κ1) is 8.97. The summed E-state index contributed by atoms with van der Waals surface area (Å²) in [6, 6.07) is 3.94. The summed E-state index contributed by atoms with van der Waals surface area (Å²) in [5.74, 6) is 0.575. The van der Waals surface area contributed by atoms with Gasteiger partial charge < -0.3 is 5.32 Å². The summed E-state index contributed by atoms with van der Waals surface area (Å²) in [6.07, 6.45) is 4.21. The number of hydrogen-bond acceptors (Lipinski definition) is 2. The van der Waals surface area contributed by atoms with Crippen molar-refractivity contribution in [2.45, 2.75) is 18.8 Å². The third-order valence-electron chi connectivity index (χ3n) is 2.47. The van der Waals surface area contributed by atoms with Crippen LogP contribution in [0.3, 0.4) is 0 Å². The van der Waals surface area contributed by atoms with Gasteiger partial charge in [0.15, 0.2) is 0 Å². The number of piperidine rings is 1. The zero-order valence-electron chi connectivity index (χ0n) is 7.46. The van der Waals surface area contributed by atoms with Crippen molar-refractivity contribution >= 4 is 11.6 Å². The highest BCUT2D eigenvalue weighted by atomic mass is 35.5. The van der Waals surface area contributed by atoms with E-state index in [1.807, 2.05) is 12.1 Å². The summed E-state index contributed by atoms with van der Waals surface area (Å²) in [5, 5.41) is 4.09. The zero-order chi connectivity index (χ0) is 9.10. The molecular weight excluding hydrogens is 184 g/mol. The van der Waals surface area contributed by atoms with E-state index < -0.39 is 0 Å². The number of nitrogens with zero attached hydrogens (tertiary/aromatic N) is 1. The number of pyridine rings is 1. The normalized spacial score (nSPS) is 23.0. The molecule has 0 aromatic carbocycles. The Hall–Kier alpha value is -0.600. The number of halogens is 1. The molecule has 70 valence electrons. The number of hydrogen-bond donors (Lipinski definition) is 1. The molecule has 3 heteroatoms. The average Bonchev–Trinajstić information content (AvgIpc) is 2.20. The van der Waals surface area contributed by atoms with E-state index in [2.05, 4.69) is 10.3 Å². The van der Waals surface area contributed by atoms with Crippen molar-refractivity contribution in [3.8, 4) is 0 Å². The summed E-state index contributed by atoms with van der Waals surface area (Å²) in [7, 11) is 0. The maximum atomic E-state index is 5.77. The summed E-state index contributed by atoms with van der Waals surface area (Å²) < 4.78 is 0. The summed E-state index contributed by atoms with van der Waals surface area (Å²) in [4.78, 5) is 4.33. The van der Waals surface area contributed by atoms with Gasteiger partial charge in [-0.1, -0.05) is 11.6 Å². The molecule has 1 saturated heterocycles. The van der Waals surface area contributed by atoms with Crippen molar-refractivity contribution in [2.24, 2.45) is 0 Å². The molecule has 2 heterocycles. The van der Waals surface area contributed by atoms with Gasteiger partial charge in [0.05, 0.1) is 5.02 Å². The Morgan fingerprint density at radius 2 is 2.38 bits per heavy atom. The Balaban J connectivity index is 2.10. The maximum Gasteiger partial charge on any atom is 0.0589 e. The predicted octanol–water partition coefficient (Wildman–Crippen LogP) is 2.20.